The molecule has 0 aromatic carbocycles. The number of guanidine groups is 1. The molecule has 120 valence electrons. The summed E-state index contributed by atoms with van der Waals surface area (Å²) in [5.74, 6) is 0.941. The fourth-order valence-corrected chi connectivity index (χ4v) is 2.21. The Morgan fingerprint density at radius 1 is 1.50 bits per heavy atom. The zero-order chi connectivity index (χ0) is 14.3. The highest BCUT2D eigenvalue weighted by molar-refractivity contribution is 14.0. The molecule has 0 bridgehead atoms. The van der Waals surface area contributed by atoms with Gasteiger partial charge >= 0.3 is 0 Å². The molecule has 0 radical (unpaired) electrons. The minimum absolute atomic E-state index is 0. The first-order valence-corrected chi connectivity index (χ1v) is 7.50. The predicted molar refractivity (Wildman–Crippen MR) is 96.0 cm³/mol. The molecule has 0 aromatic heterocycles. The van der Waals surface area contributed by atoms with Crippen molar-refractivity contribution in [3.05, 3.63) is 0 Å². The first kappa shape index (κ1) is 19.9. The van der Waals surface area contributed by atoms with Crippen LogP contribution in [0.1, 0.15) is 33.6 Å². The maximum absolute atomic E-state index is 9.60. The quantitative estimate of drug-likeness (QED) is 0.403. The Kier molecular flexibility index (Phi) is 10.6. The molecule has 1 fully saturated rings. The van der Waals surface area contributed by atoms with Crippen molar-refractivity contribution in [2.45, 2.75) is 45.8 Å². The Bertz CT molecular complexity index is 288. The SMILES string of the molecule is CCNC(=NCCN(C)C(C)CC)N1CC[C@@H](O)C1.I. The van der Waals surface area contributed by atoms with Gasteiger partial charge in [-0.2, -0.15) is 0 Å². The third kappa shape index (κ3) is 6.58. The molecule has 5 nitrogen and oxygen atoms in total. The van der Waals surface area contributed by atoms with Gasteiger partial charge in [-0.1, -0.05) is 6.92 Å². The Morgan fingerprint density at radius 2 is 2.20 bits per heavy atom. The molecule has 0 amide bonds. The summed E-state index contributed by atoms with van der Waals surface area (Å²) in [5, 5.41) is 12.9. The van der Waals surface area contributed by atoms with Crippen molar-refractivity contribution in [1.82, 2.24) is 15.1 Å². The van der Waals surface area contributed by atoms with Gasteiger partial charge in [-0.05, 0) is 33.7 Å². The van der Waals surface area contributed by atoms with Gasteiger partial charge in [0.2, 0.25) is 0 Å². The maximum atomic E-state index is 9.60. The molecule has 0 aromatic rings. The minimum atomic E-state index is -0.202. The predicted octanol–water partition coefficient (Wildman–Crippen LogP) is 1.37. The van der Waals surface area contributed by atoms with E-state index in [-0.39, 0.29) is 30.1 Å². The lowest BCUT2D eigenvalue weighted by atomic mass is 10.2. The van der Waals surface area contributed by atoms with Crippen molar-refractivity contribution >= 4 is 29.9 Å². The molecule has 1 aliphatic heterocycles. The zero-order valence-corrected chi connectivity index (χ0v) is 15.6. The molecule has 1 heterocycles. The van der Waals surface area contributed by atoms with Gasteiger partial charge in [0, 0.05) is 32.2 Å². The lowest BCUT2D eigenvalue weighted by molar-refractivity contribution is 0.187. The number of β-amino-alcohol motifs (C(OH)–C–C–N with tert-alkyl or cyclic N) is 1. The number of hydrogen-bond donors (Lipinski definition) is 2. The van der Waals surface area contributed by atoms with Crippen LogP contribution < -0.4 is 5.32 Å². The van der Waals surface area contributed by atoms with Crippen LogP contribution in [-0.4, -0.2) is 72.8 Å². The van der Waals surface area contributed by atoms with Crippen molar-refractivity contribution in [1.29, 1.82) is 0 Å². The van der Waals surface area contributed by atoms with Gasteiger partial charge in [0.25, 0.3) is 0 Å². The third-order valence-corrected chi connectivity index (χ3v) is 3.86. The van der Waals surface area contributed by atoms with Crippen LogP contribution in [-0.2, 0) is 0 Å². The van der Waals surface area contributed by atoms with E-state index in [0.29, 0.717) is 12.6 Å². The van der Waals surface area contributed by atoms with Crippen molar-refractivity contribution in [3.63, 3.8) is 0 Å². The fraction of sp³-hybridized carbons (Fsp3) is 0.929. The zero-order valence-electron chi connectivity index (χ0n) is 13.3. The van der Waals surface area contributed by atoms with Gasteiger partial charge in [0.05, 0.1) is 12.6 Å². The molecular formula is C14H31IN4O. The van der Waals surface area contributed by atoms with E-state index in [1.165, 1.54) is 6.42 Å². The van der Waals surface area contributed by atoms with Crippen molar-refractivity contribution in [3.8, 4) is 0 Å². The summed E-state index contributed by atoms with van der Waals surface area (Å²) in [4.78, 5) is 9.15. The van der Waals surface area contributed by atoms with E-state index in [4.69, 9.17) is 0 Å². The van der Waals surface area contributed by atoms with Gasteiger partial charge in [-0.15, -0.1) is 24.0 Å². The first-order valence-electron chi connectivity index (χ1n) is 7.50. The topological polar surface area (TPSA) is 51.1 Å². The third-order valence-electron chi connectivity index (χ3n) is 3.86. The molecular weight excluding hydrogens is 367 g/mol. The Labute approximate surface area is 140 Å². The van der Waals surface area contributed by atoms with Gasteiger partial charge in [-0.3, -0.25) is 4.99 Å². The van der Waals surface area contributed by atoms with E-state index < -0.39 is 0 Å². The summed E-state index contributed by atoms with van der Waals surface area (Å²) in [6.45, 7) is 10.8. The number of rotatable bonds is 6. The lowest BCUT2D eigenvalue weighted by Gasteiger charge is -2.24. The van der Waals surface area contributed by atoms with E-state index in [0.717, 1.165) is 38.6 Å². The second kappa shape index (κ2) is 10.6. The van der Waals surface area contributed by atoms with Crippen LogP contribution >= 0.6 is 24.0 Å². The molecule has 1 saturated heterocycles. The molecule has 1 rings (SSSR count). The monoisotopic (exact) mass is 398 g/mol. The van der Waals surface area contributed by atoms with Crippen LogP contribution in [0.15, 0.2) is 4.99 Å². The normalized spacial score (nSPS) is 21.0. The maximum Gasteiger partial charge on any atom is 0.194 e. The highest BCUT2D eigenvalue weighted by Gasteiger charge is 2.22. The van der Waals surface area contributed by atoms with Crippen molar-refractivity contribution in [2.75, 3.05) is 39.8 Å². The molecule has 0 aliphatic carbocycles. The molecule has 20 heavy (non-hydrogen) atoms. The largest absolute Gasteiger partial charge is 0.391 e. The number of halogens is 1. The number of nitrogens with zero attached hydrogens (tertiary/aromatic N) is 3. The van der Waals surface area contributed by atoms with Crippen molar-refractivity contribution in [2.24, 2.45) is 4.99 Å². The number of likely N-dealkylation sites (tertiary alicyclic amines) is 1. The van der Waals surface area contributed by atoms with Crippen LogP contribution in [0, 0.1) is 0 Å². The summed E-state index contributed by atoms with van der Waals surface area (Å²) >= 11 is 0. The number of aliphatic hydroxyl groups is 1. The van der Waals surface area contributed by atoms with Crippen LogP contribution in [0.4, 0.5) is 0 Å². The average molecular weight is 398 g/mol. The summed E-state index contributed by atoms with van der Waals surface area (Å²) in [7, 11) is 2.15. The first-order chi connectivity index (χ1) is 9.08. The molecule has 1 unspecified atom stereocenters. The summed E-state index contributed by atoms with van der Waals surface area (Å²) in [6, 6.07) is 0.603. The van der Waals surface area contributed by atoms with Gasteiger partial charge in [0.15, 0.2) is 5.96 Å². The minimum Gasteiger partial charge on any atom is -0.391 e. The van der Waals surface area contributed by atoms with E-state index >= 15 is 0 Å². The van der Waals surface area contributed by atoms with E-state index in [1.54, 1.807) is 0 Å². The summed E-state index contributed by atoms with van der Waals surface area (Å²) < 4.78 is 0. The van der Waals surface area contributed by atoms with Crippen LogP contribution in [0.5, 0.6) is 0 Å². The number of aliphatic hydroxyl groups excluding tert-OH is 1. The molecule has 2 atom stereocenters. The Hall–Kier alpha value is -0.0800. The molecule has 0 saturated carbocycles. The van der Waals surface area contributed by atoms with Crippen LogP contribution in [0.25, 0.3) is 0 Å². The molecule has 2 N–H and O–H groups in total. The molecule has 6 heteroatoms. The van der Waals surface area contributed by atoms with Gasteiger partial charge in [-0.25, -0.2) is 0 Å². The number of nitrogens with one attached hydrogen (secondary N) is 1. The van der Waals surface area contributed by atoms with E-state index in [1.807, 2.05) is 0 Å². The smallest absolute Gasteiger partial charge is 0.194 e. The Morgan fingerprint density at radius 3 is 2.70 bits per heavy atom. The van der Waals surface area contributed by atoms with E-state index in [2.05, 4.69) is 47.9 Å². The Balaban J connectivity index is 0.00000361. The number of hydrogen-bond acceptors (Lipinski definition) is 3. The van der Waals surface area contributed by atoms with Crippen LogP contribution in [0.2, 0.25) is 0 Å². The average Bonchev–Trinajstić information content (AvgIpc) is 2.83. The summed E-state index contributed by atoms with van der Waals surface area (Å²) in [5.41, 5.74) is 0. The number of likely N-dealkylation sites (N-methyl/N-ethyl adjacent to an activating group) is 1. The van der Waals surface area contributed by atoms with Crippen molar-refractivity contribution < 1.29 is 5.11 Å². The van der Waals surface area contributed by atoms with E-state index in [9.17, 15) is 5.11 Å². The highest BCUT2D eigenvalue weighted by Crippen LogP contribution is 2.08. The highest BCUT2D eigenvalue weighted by atomic mass is 127. The second-order valence-corrected chi connectivity index (χ2v) is 5.36. The molecule has 0 spiro atoms. The number of aliphatic imine (C=N–C) groups is 1. The van der Waals surface area contributed by atoms with Crippen LogP contribution in [0.3, 0.4) is 0 Å². The lowest BCUT2D eigenvalue weighted by Crippen LogP contribution is -2.41. The van der Waals surface area contributed by atoms with Gasteiger partial charge < -0.3 is 20.2 Å². The second-order valence-electron chi connectivity index (χ2n) is 5.36. The van der Waals surface area contributed by atoms with Gasteiger partial charge in [0.1, 0.15) is 0 Å². The summed E-state index contributed by atoms with van der Waals surface area (Å²) in [6.07, 6.45) is 1.81. The standard InChI is InChI=1S/C14H30N4O.HI/c1-5-12(3)17(4)10-8-16-14(15-6-2)18-9-7-13(19)11-18;/h12-13,19H,5-11H2,1-4H3,(H,15,16);1H/t12?,13-;/m1./s1. The fourth-order valence-electron chi connectivity index (χ4n) is 2.21. The molecule has 1 aliphatic rings.